The Morgan fingerprint density at radius 1 is 1.00 bits per heavy atom. The number of halogens is 3. The van der Waals surface area contributed by atoms with E-state index < -0.39 is 41.7 Å². The smallest absolute Gasteiger partial charge is 0.416 e. The molecule has 4 amide bonds. The lowest BCUT2D eigenvalue weighted by Crippen LogP contribution is -2.42. The third kappa shape index (κ3) is 4.96. The fourth-order valence-corrected chi connectivity index (χ4v) is 3.65. The standard InChI is InChI=1S/C25H20F3N3O4/c1-24(16-8-7-9-17(14-16)25(26,27)28)22(33)31(23(34)30-24)15-21(32)29-19-12-5-6-13-20(19)35-18-10-3-2-4-11-18/h2-14H,15H2,1H3,(H,29,32)(H,30,34). The zero-order valence-corrected chi connectivity index (χ0v) is 18.4. The van der Waals surface area contributed by atoms with Gasteiger partial charge in [0.2, 0.25) is 5.91 Å². The van der Waals surface area contributed by atoms with Crippen molar-refractivity contribution in [2.24, 2.45) is 0 Å². The number of imide groups is 1. The number of carbonyl (C=O) groups excluding carboxylic acids is 3. The van der Waals surface area contributed by atoms with Crippen LogP contribution in [0.5, 0.6) is 11.5 Å². The third-order valence-electron chi connectivity index (χ3n) is 5.48. The van der Waals surface area contributed by atoms with Crippen molar-refractivity contribution in [2.75, 3.05) is 11.9 Å². The largest absolute Gasteiger partial charge is 0.455 e. The van der Waals surface area contributed by atoms with Gasteiger partial charge in [0, 0.05) is 0 Å². The van der Waals surface area contributed by atoms with Gasteiger partial charge in [-0.05, 0) is 48.9 Å². The van der Waals surface area contributed by atoms with E-state index in [1.54, 1.807) is 48.5 Å². The van der Waals surface area contributed by atoms with Gasteiger partial charge in [-0.3, -0.25) is 14.5 Å². The highest BCUT2D eigenvalue weighted by atomic mass is 19.4. The van der Waals surface area contributed by atoms with E-state index in [9.17, 15) is 27.6 Å². The predicted molar refractivity (Wildman–Crippen MR) is 121 cm³/mol. The Kier molecular flexibility index (Phi) is 6.21. The molecule has 0 spiro atoms. The first-order valence-corrected chi connectivity index (χ1v) is 10.5. The van der Waals surface area contributed by atoms with E-state index in [-0.39, 0.29) is 5.56 Å². The normalized spacial score (nSPS) is 17.8. The third-order valence-corrected chi connectivity index (χ3v) is 5.48. The van der Waals surface area contributed by atoms with Gasteiger partial charge in [0.15, 0.2) is 5.75 Å². The average molecular weight is 483 g/mol. The van der Waals surface area contributed by atoms with Gasteiger partial charge in [-0.2, -0.15) is 13.2 Å². The molecule has 0 aliphatic carbocycles. The molecule has 1 fully saturated rings. The van der Waals surface area contributed by atoms with Crippen molar-refractivity contribution in [3.05, 3.63) is 90.0 Å². The number of rotatable bonds is 6. The molecule has 1 unspecified atom stereocenters. The minimum absolute atomic E-state index is 0.0461. The number of ether oxygens (including phenoxy) is 1. The van der Waals surface area contributed by atoms with Crippen molar-refractivity contribution < 1.29 is 32.3 Å². The van der Waals surface area contributed by atoms with Crippen LogP contribution in [-0.2, 0) is 21.3 Å². The van der Waals surface area contributed by atoms with Crippen LogP contribution in [0.2, 0.25) is 0 Å². The molecule has 10 heteroatoms. The number of urea groups is 1. The second-order valence-electron chi connectivity index (χ2n) is 7.98. The Morgan fingerprint density at radius 3 is 2.40 bits per heavy atom. The summed E-state index contributed by atoms with van der Waals surface area (Å²) >= 11 is 0. The van der Waals surface area contributed by atoms with E-state index in [2.05, 4.69) is 10.6 Å². The zero-order chi connectivity index (χ0) is 25.2. The van der Waals surface area contributed by atoms with Crippen LogP contribution in [0.15, 0.2) is 78.9 Å². The lowest BCUT2D eigenvalue weighted by atomic mass is 9.90. The van der Waals surface area contributed by atoms with Crippen LogP contribution in [0.3, 0.4) is 0 Å². The maximum atomic E-state index is 13.1. The highest BCUT2D eigenvalue weighted by Gasteiger charge is 2.50. The average Bonchev–Trinajstić information content (AvgIpc) is 3.04. The monoisotopic (exact) mass is 483 g/mol. The number of benzene rings is 3. The minimum Gasteiger partial charge on any atom is -0.455 e. The van der Waals surface area contributed by atoms with Crippen LogP contribution >= 0.6 is 0 Å². The van der Waals surface area contributed by atoms with Crippen LogP contribution in [-0.4, -0.2) is 29.3 Å². The molecule has 1 heterocycles. The molecule has 3 aromatic rings. The summed E-state index contributed by atoms with van der Waals surface area (Å²) in [6.07, 6.45) is -4.62. The lowest BCUT2D eigenvalue weighted by Gasteiger charge is -2.23. The second-order valence-corrected chi connectivity index (χ2v) is 7.98. The first-order chi connectivity index (χ1) is 16.6. The Morgan fingerprint density at radius 2 is 1.69 bits per heavy atom. The fraction of sp³-hybridized carbons (Fsp3) is 0.160. The Balaban J connectivity index is 1.50. The van der Waals surface area contributed by atoms with Gasteiger partial charge >= 0.3 is 12.2 Å². The zero-order valence-electron chi connectivity index (χ0n) is 18.4. The van der Waals surface area contributed by atoms with Gasteiger partial charge in [0.25, 0.3) is 5.91 Å². The van der Waals surface area contributed by atoms with Gasteiger partial charge in [-0.15, -0.1) is 0 Å². The van der Waals surface area contributed by atoms with Crippen LogP contribution in [0.4, 0.5) is 23.7 Å². The topological polar surface area (TPSA) is 87.7 Å². The molecule has 0 bridgehead atoms. The number of amides is 4. The van der Waals surface area contributed by atoms with E-state index in [0.717, 1.165) is 18.2 Å². The number of carbonyl (C=O) groups is 3. The van der Waals surface area contributed by atoms with E-state index in [1.807, 2.05) is 6.07 Å². The second kappa shape index (κ2) is 9.13. The van der Waals surface area contributed by atoms with Crippen molar-refractivity contribution >= 4 is 23.5 Å². The molecule has 2 N–H and O–H groups in total. The maximum Gasteiger partial charge on any atom is 0.416 e. The van der Waals surface area contributed by atoms with E-state index in [0.29, 0.717) is 22.1 Å². The summed E-state index contributed by atoms with van der Waals surface area (Å²) in [7, 11) is 0. The number of nitrogens with one attached hydrogen (secondary N) is 2. The Hall–Kier alpha value is -4.34. The van der Waals surface area contributed by atoms with Crippen LogP contribution < -0.4 is 15.4 Å². The predicted octanol–water partition coefficient (Wildman–Crippen LogP) is 4.90. The summed E-state index contributed by atoms with van der Waals surface area (Å²) in [6.45, 7) is 0.655. The number of para-hydroxylation sites is 3. The van der Waals surface area contributed by atoms with Crippen molar-refractivity contribution in [1.29, 1.82) is 0 Å². The summed E-state index contributed by atoms with van der Waals surface area (Å²) in [5, 5.41) is 5.01. The minimum atomic E-state index is -4.62. The van der Waals surface area contributed by atoms with E-state index in [1.165, 1.54) is 13.0 Å². The lowest BCUT2D eigenvalue weighted by molar-refractivity contribution is -0.138. The molecule has 3 aromatic carbocycles. The first-order valence-electron chi connectivity index (χ1n) is 10.5. The molecule has 1 aliphatic rings. The maximum absolute atomic E-state index is 13.1. The number of hydrogen-bond donors (Lipinski definition) is 2. The molecular weight excluding hydrogens is 463 g/mol. The highest BCUT2D eigenvalue weighted by Crippen LogP contribution is 2.35. The number of hydrogen-bond acceptors (Lipinski definition) is 4. The fourth-order valence-electron chi connectivity index (χ4n) is 3.65. The highest BCUT2D eigenvalue weighted by molar-refractivity contribution is 6.10. The molecule has 1 aliphatic heterocycles. The van der Waals surface area contributed by atoms with Gasteiger partial charge in [0.05, 0.1) is 11.3 Å². The molecule has 7 nitrogen and oxygen atoms in total. The van der Waals surface area contributed by atoms with Gasteiger partial charge in [-0.25, -0.2) is 4.79 Å². The number of alkyl halides is 3. The summed E-state index contributed by atoms with van der Waals surface area (Å²) in [5.74, 6) is -0.644. The van der Waals surface area contributed by atoms with Crippen molar-refractivity contribution in [3.8, 4) is 11.5 Å². The molecule has 1 atom stereocenters. The first kappa shape index (κ1) is 23.8. The van der Waals surface area contributed by atoms with Gasteiger partial charge < -0.3 is 15.4 Å². The molecule has 0 saturated carbocycles. The molecule has 35 heavy (non-hydrogen) atoms. The molecule has 0 aromatic heterocycles. The summed E-state index contributed by atoms with van der Waals surface area (Å²) < 4.78 is 45.2. The number of anilines is 1. The number of nitrogens with zero attached hydrogens (tertiary/aromatic N) is 1. The molecular formula is C25H20F3N3O4. The van der Waals surface area contributed by atoms with E-state index in [4.69, 9.17) is 4.74 Å². The van der Waals surface area contributed by atoms with Crippen molar-refractivity contribution in [2.45, 2.75) is 18.6 Å². The molecule has 4 rings (SSSR count). The molecule has 180 valence electrons. The van der Waals surface area contributed by atoms with Crippen molar-refractivity contribution in [1.82, 2.24) is 10.2 Å². The Bertz CT molecular complexity index is 1280. The summed E-state index contributed by atoms with van der Waals surface area (Å²) in [4.78, 5) is 38.9. The summed E-state index contributed by atoms with van der Waals surface area (Å²) in [5.41, 5.74) is -2.44. The Labute approximate surface area is 198 Å². The van der Waals surface area contributed by atoms with Crippen molar-refractivity contribution in [3.63, 3.8) is 0 Å². The SMILES string of the molecule is CC1(c2cccc(C(F)(F)F)c2)NC(=O)N(CC(=O)Nc2ccccc2Oc2ccccc2)C1=O. The van der Waals surface area contributed by atoms with E-state index >= 15 is 0 Å². The van der Waals surface area contributed by atoms with Crippen LogP contribution in [0.25, 0.3) is 0 Å². The molecule has 1 saturated heterocycles. The van der Waals surface area contributed by atoms with Crippen LogP contribution in [0, 0.1) is 0 Å². The quantitative estimate of drug-likeness (QED) is 0.488. The van der Waals surface area contributed by atoms with Gasteiger partial charge in [-0.1, -0.05) is 42.5 Å². The van der Waals surface area contributed by atoms with Crippen LogP contribution in [0.1, 0.15) is 18.1 Å². The summed E-state index contributed by atoms with van der Waals surface area (Å²) in [6, 6.07) is 18.7. The molecule has 0 radical (unpaired) electrons. The van der Waals surface area contributed by atoms with Gasteiger partial charge in [0.1, 0.15) is 17.8 Å².